The van der Waals surface area contributed by atoms with Gasteiger partial charge in [0, 0.05) is 6.54 Å². The SMILES string of the molecule is CSC1=NCN(Cc2ccccc2)CN1.I. The van der Waals surface area contributed by atoms with E-state index in [0.29, 0.717) is 0 Å². The van der Waals surface area contributed by atoms with Gasteiger partial charge in [0.15, 0.2) is 5.17 Å². The molecule has 88 valence electrons. The zero-order valence-electron chi connectivity index (χ0n) is 9.22. The number of hydrogen-bond donors (Lipinski definition) is 1. The maximum atomic E-state index is 4.42. The third-order valence-electron chi connectivity index (χ3n) is 2.31. The minimum atomic E-state index is 0. The van der Waals surface area contributed by atoms with E-state index in [1.54, 1.807) is 11.8 Å². The minimum Gasteiger partial charge on any atom is -0.352 e. The second-order valence-corrected chi connectivity index (χ2v) is 4.25. The number of hydrogen-bond acceptors (Lipinski definition) is 4. The van der Waals surface area contributed by atoms with Crippen molar-refractivity contribution in [2.24, 2.45) is 4.99 Å². The first-order valence-corrected chi connectivity index (χ1v) is 6.19. The van der Waals surface area contributed by atoms with Gasteiger partial charge >= 0.3 is 0 Å². The van der Waals surface area contributed by atoms with Crippen LogP contribution in [0.5, 0.6) is 0 Å². The summed E-state index contributed by atoms with van der Waals surface area (Å²) in [5.74, 6) is 0. The number of aliphatic imine (C=N–C) groups is 1. The molecule has 1 aromatic rings. The molecule has 0 radical (unpaired) electrons. The molecule has 0 spiro atoms. The Morgan fingerprint density at radius 1 is 1.38 bits per heavy atom. The molecule has 1 N–H and O–H groups in total. The van der Waals surface area contributed by atoms with Crippen LogP contribution in [0.25, 0.3) is 0 Å². The number of amidine groups is 1. The molecule has 1 aromatic carbocycles. The summed E-state index contributed by atoms with van der Waals surface area (Å²) in [4.78, 5) is 6.69. The highest BCUT2D eigenvalue weighted by Gasteiger charge is 2.10. The molecule has 5 heteroatoms. The van der Waals surface area contributed by atoms with Crippen molar-refractivity contribution in [3.05, 3.63) is 35.9 Å². The Morgan fingerprint density at radius 3 is 2.69 bits per heavy atom. The predicted octanol–water partition coefficient (Wildman–Crippen LogP) is 2.34. The Kier molecular flexibility index (Phi) is 6.15. The standard InChI is InChI=1S/C11H15N3S.HI/c1-15-11-12-8-14(9-13-11)7-10-5-3-2-4-6-10;/h2-6H,7-9H2,1H3,(H,12,13);1H. The molecule has 1 aliphatic heterocycles. The Bertz CT molecular complexity index is 342. The van der Waals surface area contributed by atoms with Crippen LogP contribution in [0, 0.1) is 0 Å². The van der Waals surface area contributed by atoms with E-state index in [4.69, 9.17) is 0 Å². The Labute approximate surface area is 118 Å². The molecular weight excluding hydrogens is 333 g/mol. The Hall–Kier alpha value is -0.270. The molecule has 0 saturated carbocycles. The van der Waals surface area contributed by atoms with Gasteiger partial charge in [-0.2, -0.15) is 0 Å². The third-order valence-corrected chi connectivity index (χ3v) is 2.97. The van der Waals surface area contributed by atoms with Crippen molar-refractivity contribution in [1.82, 2.24) is 10.2 Å². The summed E-state index contributed by atoms with van der Waals surface area (Å²) in [5, 5.41) is 4.32. The summed E-state index contributed by atoms with van der Waals surface area (Å²) in [6, 6.07) is 10.5. The van der Waals surface area contributed by atoms with Gasteiger partial charge in [-0.15, -0.1) is 24.0 Å². The number of thioether (sulfide) groups is 1. The monoisotopic (exact) mass is 349 g/mol. The van der Waals surface area contributed by atoms with Crippen molar-refractivity contribution < 1.29 is 0 Å². The van der Waals surface area contributed by atoms with Crippen LogP contribution in [0.1, 0.15) is 5.56 Å². The summed E-state index contributed by atoms with van der Waals surface area (Å²) >= 11 is 1.67. The molecular formula is C11H16IN3S. The zero-order chi connectivity index (χ0) is 10.5. The van der Waals surface area contributed by atoms with Crippen LogP contribution in [0.15, 0.2) is 35.3 Å². The number of benzene rings is 1. The van der Waals surface area contributed by atoms with Gasteiger partial charge in [0.1, 0.15) is 0 Å². The van der Waals surface area contributed by atoms with Crippen molar-refractivity contribution in [3.8, 4) is 0 Å². The molecule has 0 atom stereocenters. The van der Waals surface area contributed by atoms with Crippen LogP contribution in [0.4, 0.5) is 0 Å². The van der Waals surface area contributed by atoms with Crippen LogP contribution >= 0.6 is 35.7 Å². The highest BCUT2D eigenvalue weighted by atomic mass is 127. The van der Waals surface area contributed by atoms with Crippen LogP contribution in [0.3, 0.4) is 0 Å². The van der Waals surface area contributed by atoms with Crippen LogP contribution in [-0.4, -0.2) is 29.7 Å². The lowest BCUT2D eigenvalue weighted by Crippen LogP contribution is -2.41. The maximum absolute atomic E-state index is 4.42. The number of nitrogens with one attached hydrogen (secondary N) is 1. The van der Waals surface area contributed by atoms with E-state index < -0.39 is 0 Å². The number of halogens is 1. The second kappa shape index (κ2) is 7.13. The third kappa shape index (κ3) is 3.95. The minimum absolute atomic E-state index is 0. The summed E-state index contributed by atoms with van der Waals surface area (Å²) in [7, 11) is 0. The molecule has 2 rings (SSSR count). The molecule has 0 amide bonds. The summed E-state index contributed by atoms with van der Waals surface area (Å²) in [5.41, 5.74) is 1.34. The number of nitrogens with zero attached hydrogens (tertiary/aromatic N) is 2. The van der Waals surface area contributed by atoms with Crippen molar-refractivity contribution >= 4 is 40.9 Å². The summed E-state index contributed by atoms with van der Waals surface area (Å²) < 4.78 is 0. The Balaban J connectivity index is 0.00000128. The van der Waals surface area contributed by atoms with E-state index in [9.17, 15) is 0 Å². The largest absolute Gasteiger partial charge is 0.352 e. The smallest absolute Gasteiger partial charge is 0.158 e. The first-order chi connectivity index (χ1) is 7.38. The van der Waals surface area contributed by atoms with Gasteiger partial charge in [0.25, 0.3) is 0 Å². The van der Waals surface area contributed by atoms with Crippen LogP contribution in [0.2, 0.25) is 0 Å². The van der Waals surface area contributed by atoms with Crippen molar-refractivity contribution in [1.29, 1.82) is 0 Å². The average Bonchev–Trinajstić information content (AvgIpc) is 2.31. The highest BCUT2D eigenvalue weighted by Crippen LogP contribution is 2.07. The summed E-state index contributed by atoms with van der Waals surface area (Å²) in [6.07, 6.45) is 2.04. The fraction of sp³-hybridized carbons (Fsp3) is 0.364. The topological polar surface area (TPSA) is 27.6 Å². The molecule has 0 aromatic heterocycles. The molecule has 0 unspecified atom stereocenters. The molecule has 0 bridgehead atoms. The lowest BCUT2D eigenvalue weighted by atomic mass is 10.2. The highest BCUT2D eigenvalue weighted by molar-refractivity contribution is 14.0. The molecule has 16 heavy (non-hydrogen) atoms. The fourth-order valence-corrected chi connectivity index (χ4v) is 1.93. The molecule has 0 aliphatic carbocycles. The van der Waals surface area contributed by atoms with Gasteiger partial charge in [-0.25, -0.2) is 4.99 Å². The van der Waals surface area contributed by atoms with Gasteiger partial charge in [0.2, 0.25) is 0 Å². The lowest BCUT2D eigenvalue weighted by Gasteiger charge is -2.25. The number of rotatable bonds is 2. The fourth-order valence-electron chi connectivity index (χ4n) is 1.53. The average molecular weight is 349 g/mol. The van der Waals surface area contributed by atoms with Crippen LogP contribution < -0.4 is 5.32 Å². The predicted molar refractivity (Wildman–Crippen MR) is 81.2 cm³/mol. The van der Waals surface area contributed by atoms with E-state index in [0.717, 1.165) is 25.0 Å². The lowest BCUT2D eigenvalue weighted by molar-refractivity contribution is 0.258. The molecule has 1 heterocycles. The van der Waals surface area contributed by atoms with Gasteiger partial charge in [0.05, 0.1) is 13.3 Å². The Morgan fingerprint density at radius 2 is 2.12 bits per heavy atom. The van der Waals surface area contributed by atoms with Gasteiger partial charge < -0.3 is 5.32 Å². The molecule has 0 fully saturated rings. The second-order valence-electron chi connectivity index (χ2n) is 3.46. The van der Waals surface area contributed by atoms with Crippen molar-refractivity contribution in [3.63, 3.8) is 0 Å². The van der Waals surface area contributed by atoms with Crippen LogP contribution in [-0.2, 0) is 6.54 Å². The van der Waals surface area contributed by atoms with Crippen molar-refractivity contribution in [2.75, 3.05) is 19.6 Å². The van der Waals surface area contributed by atoms with Gasteiger partial charge in [-0.1, -0.05) is 42.1 Å². The zero-order valence-corrected chi connectivity index (χ0v) is 12.4. The first kappa shape index (κ1) is 13.8. The molecule has 0 saturated heterocycles. The summed E-state index contributed by atoms with van der Waals surface area (Å²) in [6.45, 7) is 2.63. The van der Waals surface area contributed by atoms with E-state index in [-0.39, 0.29) is 24.0 Å². The quantitative estimate of drug-likeness (QED) is 0.831. The van der Waals surface area contributed by atoms with Gasteiger partial charge in [-0.05, 0) is 11.8 Å². The normalized spacial score (nSPS) is 15.9. The molecule has 1 aliphatic rings. The van der Waals surface area contributed by atoms with Crippen molar-refractivity contribution in [2.45, 2.75) is 6.54 Å². The maximum Gasteiger partial charge on any atom is 0.158 e. The van der Waals surface area contributed by atoms with E-state index >= 15 is 0 Å². The van der Waals surface area contributed by atoms with E-state index in [1.807, 2.05) is 12.3 Å². The molecule has 3 nitrogen and oxygen atoms in total. The van der Waals surface area contributed by atoms with Gasteiger partial charge in [-0.3, -0.25) is 4.90 Å². The van der Waals surface area contributed by atoms with E-state index in [2.05, 4.69) is 39.5 Å². The first-order valence-electron chi connectivity index (χ1n) is 4.97. The van der Waals surface area contributed by atoms with E-state index in [1.165, 1.54) is 5.56 Å².